The van der Waals surface area contributed by atoms with Gasteiger partial charge in [0, 0.05) is 6.54 Å². The van der Waals surface area contributed by atoms with E-state index in [1.807, 2.05) is 18.2 Å². The number of fused-ring (bicyclic) bond motifs is 1. The molecule has 2 aromatic heterocycles. The molecule has 6 heteroatoms. The van der Waals surface area contributed by atoms with Crippen LogP contribution in [-0.4, -0.2) is 26.3 Å². The van der Waals surface area contributed by atoms with Crippen molar-refractivity contribution in [1.29, 1.82) is 0 Å². The van der Waals surface area contributed by atoms with E-state index in [0.29, 0.717) is 11.3 Å². The third-order valence-electron chi connectivity index (χ3n) is 3.97. The zero-order valence-corrected chi connectivity index (χ0v) is 13.4. The number of anilines is 1. The highest BCUT2D eigenvalue weighted by molar-refractivity contribution is 5.87. The maximum Gasteiger partial charge on any atom is 0.168 e. The van der Waals surface area contributed by atoms with Crippen LogP contribution in [0.1, 0.15) is 5.56 Å². The lowest BCUT2D eigenvalue weighted by Gasteiger charge is -2.07. The Morgan fingerprint density at radius 1 is 1.00 bits per heavy atom. The molecule has 0 fully saturated rings. The van der Waals surface area contributed by atoms with Crippen LogP contribution in [0.4, 0.5) is 10.2 Å². The van der Waals surface area contributed by atoms with Crippen molar-refractivity contribution in [2.24, 2.45) is 0 Å². The van der Waals surface area contributed by atoms with Crippen LogP contribution in [0.3, 0.4) is 0 Å². The van der Waals surface area contributed by atoms with Gasteiger partial charge in [-0.05, 0) is 30.2 Å². The first-order chi connectivity index (χ1) is 12.3. The van der Waals surface area contributed by atoms with Crippen LogP contribution in [0.2, 0.25) is 0 Å². The Labute approximate surface area is 144 Å². The lowest BCUT2D eigenvalue weighted by Crippen LogP contribution is -2.07. The lowest BCUT2D eigenvalue weighted by molar-refractivity contribution is 0.625. The standard InChI is InChI=1S/C19H16FN5/c20-15-7-4-8-16(11-15)25-19-17(12-24-25)18(22-13-23-19)21-10-9-14-5-2-1-3-6-14/h1-8,11-13H,9-10H2,(H,21,22,23). The summed E-state index contributed by atoms with van der Waals surface area (Å²) in [5, 5.41) is 8.48. The Morgan fingerprint density at radius 3 is 2.72 bits per heavy atom. The van der Waals surface area contributed by atoms with E-state index < -0.39 is 0 Å². The number of hydrogen-bond acceptors (Lipinski definition) is 4. The minimum absolute atomic E-state index is 0.309. The number of nitrogens with zero attached hydrogens (tertiary/aromatic N) is 4. The molecule has 0 aliphatic carbocycles. The fourth-order valence-corrected chi connectivity index (χ4v) is 2.75. The molecule has 4 rings (SSSR count). The Bertz CT molecular complexity index is 997. The summed E-state index contributed by atoms with van der Waals surface area (Å²) in [6.45, 7) is 0.751. The SMILES string of the molecule is Fc1cccc(-n2ncc3c(NCCc4ccccc4)ncnc32)c1. The number of halogens is 1. The van der Waals surface area contributed by atoms with Crippen LogP contribution in [0.25, 0.3) is 16.7 Å². The minimum atomic E-state index is -0.309. The summed E-state index contributed by atoms with van der Waals surface area (Å²) < 4.78 is 15.1. The van der Waals surface area contributed by atoms with Crippen molar-refractivity contribution in [3.63, 3.8) is 0 Å². The third-order valence-corrected chi connectivity index (χ3v) is 3.97. The molecular formula is C19H16FN5. The van der Waals surface area contributed by atoms with Gasteiger partial charge in [-0.1, -0.05) is 36.4 Å². The van der Waals surface area contributed by atoms with E-state index in [0.717, 1.165) is 24.2 Å². The van der Waals surface area contributed by atoms with E-state index in [2.05, 4.69) is 32.5 Å². The number of hydrogen-bond donors (Lipinski definition) is 1. The molecule has 0 radical (unpaired) electrons. The molecule has 0 unspecified atom stereocenters. The summed E-state index contributed by atoms with van der Waals surface area (Å²) >= 11 is 0. The van der Waals surface area contributed by atoms with Gasteiger partial charge in [0.25, 0.3) is 0 Å². The molecule has 5 nitrogen and oxygen atoms in total. The minimum Gasteiger partial charge on any atom is -0.369 e. The predicted octanol–water partition coefficient (Wildman–Crippen LogP) is 3.61. The van der Waals surface area contributed by atoms with Gasteiger partial charge in [0.15, 0.2) is 5.65 Å². The van der Waals surface area contributed by atoms with Crippen LogP contribution >= 0.6 is 0 Å². The number of nitrogens with one attached hydrogen (secondary N) is 1. The molecule has 1 N–H and O–H groups in total. The van der Waals surface area contributed by atoms with Crippen LogP contribution in [0.15, 0.2) is 67.1 Å². The van der Waals surface area contributed by atoms with Gasteiger partial charge in [-0.2, -0.15) is 5.10 Å². The average Bonchev–Trinajstić information content (AvgIpc) is 3.08. The molecule has 0 amide bonds. The molecule has 25 heavy (non-hydrogen) atoms. The molecule has 124 valence electrons. The van der Waals surface area contributed by atoms with Crippen molar-refractivity contribution < 1.29 is 4.39 Å². The van der Waals surface area contributed by atoms with E-state index in [1.165, 1.54) is 24.0 Å². The molecule has 2 heterocycles. The lowest BCUT2D eigenvalue weighted by atomic mass is 10.1. The molecule has 0 aliphatic rings. The molecule has 0 spiro atoms. The monoisotopic (exact) mass is 333 g/mol. The Balaban J connectivity index is 1.59. The second kappa shape index (κ2) is 6.68. The van der Waals surface area contributed by atoms with Gasteiger partial charge in [-0.25, -0.2) is 19.0 Å². The topological polar surface area (TPSA) is 55.6 Å². The molecule has 0 saturated carbocycles. The Morgan fingerprint density at radius 2 is 1.88 bits per heavy atom. The molecule has 0 atom stereocenters. The first-order valence-electron chi connectivity index (χ1n) is 8.04. The van der Waals surface area contributed by atoms with Crippen molar-refractivity contribution in [3.8, 4) is 5.69 Å². The number of benzene rings is 2. The quantitative estimate of drug-likeness (QED) is 0.606. The fourth-order valence-electron chi connectivity index (χ4n) is 2.75. The van der Waals surface area contributed by atoms with E-state index in [4.69, 9.17) is 0 Å². The average molecular weight is 333 g/mol. The van der Waals surface area contributed by atoms with Gasteiger partial charge in [0.05, 0.1) is 17.3 Å². The van der Waals surface area contributed by atoms with Gasteiger partial charge in [0.2, 0.25) is 0 Å². The molecule has 4 aromatic rings. The predicted molar refractivity (Wildman–Crippen MR) is 95.3 cm³/mol. The van der Waals surface area contributed by atoms with Crippen molar-refractivity contribution in [2.45, 2.75) is 6.42 Å². The second-order valence-corrected chi connectivity index (χ2v) is 5.66. The number of aromatic nitrogens is 4. The van der Waals surface area contributed by atoms with E-state index in [-0.39, 0.29) is 5.82 Å². The Hall–Kier alpha value is -3.28. The van der Waals surface area contributed by atoms with Crippen LogP contribution < -0.4 is 5.32 Å². The maximum absolute atomic E-state index is 13.5. The molecule has 0 bridgehead atoms. The van der Waals surface area contributed by atoms with E-state index >= 15 is 0 Å². The summed E-state index contributed by atoms with van der Waals surface area (Å²) in [5.74, 6) is 0.417. The van der Waals surface area contributed by atoms with Crippen LogP contribution in [-0.2, 0) is 6.42 Å². The third kappa shape index (κ3) is 3.19. The van der Waals surface area contributed by atoms with E-state index in [9.17, 15) is 4.39 Å². The summed E-state index contributed by atoms with van der Waals surface area (Å²) in [4.78, 5) is 8.61. The van der Waals surface area contributed by atoms with Gasteiger partial charge < -0.3 is 5.32 Å². The zero-order chi connectivity index (χ0) is 17.1. The second-order valence-electron chi connectivity index (χ2n) is 5.66. The van der Waals surface area contributed by atoms with E-state index in [1.54, 1.807) is 23.0 Å². The van der Waals surface area contributed by atoms with Crippen molar-refractivity contribution >= 4 is 16.9 Å². The van der Waals surface area contributed by atoms with Crippen LogP contribution in [0, 0.1) is 5.82 Å². The summed E-state index contributed by atoms with van der Waals surface area (Å²) in [6.07, 6.45) is 4.08. The van der Waals surface area contributed by atoms with Gasteiger partial charge >= 0.3 is 0 Å². The normalized spacial score (nSPS) is 10.9. The first-order valence-corrected chi connectivity index (χ1v) is 8.04. The number of rotatable bonds is 5. The highest BCUT2D eigenvalue weighted by Crippen LogP contribution is 2.21. The molecule has 0 saturated heterocycles. The fraction of sp³-hybridized carbons (Fsp3) is 0.105. The summed E-state index contributed by atoms with van der Waals surface area (Å²) in [6, 6.07) is 16.5. The molecule has 0 aliphatic heterocycles. The van der Waals surface area contributed by atoms with Crippen molar-refractivity contribution in [2.75, 3.05) is 11.9 Å². The first kappa shape index (κ1) is 15.3. The summed E-state index contributed by atoms with van der Waals surface area (Å²) in [7, 11) is 0. The maximum atomic E-state index is 13.5. The highest BCUT2D eigenvalue weighted by atomic mass is 19.1. The van der Waals surface area contributed by atoms with Gasteiger partial charge in [-0.3, -0.25) is 0 Å². The molecular weight excluding hydrogens is 317 g/mol. The molecule has 2 aromatic carbocycles. The summed E-state index contributed by atoms with van der Waals surface area (Å²) in [5.41, 5.74) is 2.53. The largest absolute Gasteiger partial charge is 0.369 e. The highest BCUT2D eigenvalue weighted by Gasteiger charge is 2.11. The smallest absolute Gasteiger partial charge is 0.168 e. The van der Waals surface area contributed by atoms with Gasteiger partial charge in [-0.15, -0.1) is 0 Å². The Kier molecular flexibility index (Phi) is 4.08. The van der Waals surface area contributed by atoms with Crippen molar-refractivity contribution in [3.05, 3.63) is 78.5 Å². The van der Waals surface area contributed by atoms with Crippen LogP contribution in [0.5, 0.6) is 0 Å². The van der Waals surface area contributed by atoms with Gasteiger partial charge in [0.1, 0.15) is 18.0 Å². The zero-order valence-electron chi connectivity index (χ0n) is 13.4. The van der Waals surface area contributed by atoms with Crippen molar-refractivity contribution in [1.82, 2.24) is 19.7 Å².